The summed E-state index contributed by atoms with van der Waals surface area (Å²) in [5.74, 6) is 1.17. The molecule has 0 spiro atoms. The number of sulfonamides is 2. The topological polar surface area (TPSA) is 217 Å². The first-order valence-electron chi connectivity index (χ1n) is 21.6. The van der Waals surface area contributed by atoms with Gasteiger partial charge in [0.2, 0.25) is 11.8 Å². The first-order valence-corrected chi connectivity index (χ1v) is 24.5. The van der Waals surface area contributed by atoms with Crippen molar-refractivity contribution in [1.29, 1.82) is 0 Å². The molecule has 0 bridgehead atoms. The smallest absolute Gasteiger partial charge is 0.333 e. The van der Waals surface area contributed by atoms with E-state index in [0.29, 0.717) is 50.0 Å². The molecule has 62 heavy (non-hydrogen) atoms. The molecule has 4 atom stereocenters. The number of rotatable bonds is 11. The molecule has 18 nitrogen and oxygen atoms in total. The third kappa shape index (κ3) is 7.17. The number of carbonyl (C=O) groups is 2. The minimum atomic E-state index is -4.34. The maximum atomic E-state index is 13.8. The van der Waals surface area contributed by atoms with Crippen LogP contribution in [0.15, 0.2) is 46.5 Å². The zero-order valence-corrected chi connectivity index (χ0v) is 35.9. The summed E-state index contributed by atoms with van der Waals surface area (Å²) in [6.07, 6.45) is 10.7. The molecule has 4 aromatic rings. The number of fused-ring (bicyclic) bond motifs is 4. The number of nitrogens with zero attached hydrogens (tertiary/aromatic N) is 5. The van der Waals surface area contributed by atoms with Crippen LogP contribution in [0.3, 0.4) is 0 Å². The Bertz CT molecular complexity index is 2720. The molecular weight excluding hydrogens is 839 g/mol. The highest BCUT2D eigenvalue weighted by Gasteiger charge is 2.48. The molecule has 2 aromatic heterocycles. The van der Waals surface area contributed by atoms with Crippen molar-refractivity contribution in [3.8, 4) is 11.8 Å². The van der Waals surface area contributed by atoms with Crippen molar-refractivity contribution in [2.75, 3.05) is 44.0 Å². The van der Waals surface area contributed by atoms with E-state index in [2.05, 4.69) is 47.3 Å². The van der Waals surface area contributed by atoms with Crippen LogP contribution in [0, 0.1) is 5.92 Å². The van der Waals surface area contributed by atoms with E-state index in [9.17, 15) is 26.4 Å². The van der Waals surface area contributed by atoms with Gasteiger partial charge in [0.1, 0.15) is 6.61 Å². The van der Waals surface area contributed by atoms with E-state index < -0.39 is 32.1 Å². The quantitative estimate of drug-likeness (QED) is 0.167. The number of methoxy groups -OCH3 is 1. The van der Waals surface area contributed by atoms with E-state index >= 15 is 0 Å². The molecule has 328 valence electrons. The lowest BCUT2D eigenvalue weighted by atomic mass is 9.89. The highest BCUT2D eigenvalue weighted by Crippen LogP contribution is 2.61. The van der Waals surface area contributed by atoms with Gasteiger partial charge in [0, 0.05) is 44.5 Å². The summed E-state index contributed by atoms with van der Waals surface area (Å²) in [4.78, 5) is 28.9. The number of amides is 4. The minimum absolute atomic E-state index is 0.0376. The molecule has 0 radical (unpaired) electrons. The third-order valence-corrected chi connectivity index (χ3v) is 16.4. The molecule has 1 saturated heterocycles. The number of urea groups is 2. The number of benzene rings is 2. The second-order valence-electron chi connectivity index (χ2n) is 17.8. The Labute approximate surface area is 359 Å². The molecule has 4 N–H and O–H groups in total. The Hall–Kier alpha value is -5.18. The lowest BCUT2D eigenvalue weighted by Gasteiger charge is -2.44. The Morgan fingerprint density at radius 1 is 0.774 bits per heavy atom. The largest absolute Gasteiger partial charge is 0.477 e. The van der Waals surface area contributed by atoms with Gasteiger partial charge in [-0.2, -0.15) is 10.2 Å². The van der Waals surface area contributed by atoms with E-state index in [-0.39, 0.29) is 51.5 Å². The van der Waals surface area contributed by atoms with Gasteiger partial charge in [0.25, 0.3) is 20.0 Å². The van der Waals surface area contributed by atoms with Crippen LogP contribution in [0.5, 0.6) is 11.8 Å². The minimum Gasteiger partial charge on any atom is -0.477 e. The Balaban J connectivity index is 0.800. The third-order valence-electron chi connectivity index (χ3n) is 13.8. The number of likely N-dealkylation sites (tertiary alicyclic amines) is 1. The maximum absolute atomic E-state index is 13.8. The van der Waals surface area contributed by atoms with E-state index in [1.165, 1.54) is 32.9 Å². The molecule has 2 saturated carbocycles. The van der Waals surface area contributed by atoms with Crippen LogP contribution in [0.4, 0.5) is 21.0 Å². The fraction of sp³-hybridized carbons (Fsp3) is 0.524. The fourth-order valence-electron chi connectivity index (χ4n) is 10.4. The highest BCUT2D eigenvalue weighted by molar-refractivity contribution is 7.90. The van der Waals surface area contributed by atoms with Crippen LogP contribution < -0.4 is 29.6 Å². The molecule has 4 unspecified atom stereocenters. The van der Waals surface area contributed by atoms with Crippen molar-refractivity contribution in [1.82, 2.24) is 33.9 Å². The summed E-state index contributed by atoms with van der Waals surface area (Å²) in [5.41, 5.74) is 7.93. The number of hydrogen-bond donors (Lipinski definition) is 4. The number of carbonyl (C=O) groups excluding carboxylic acids is 2. The molecular formula is C42H49N9O9S2. The maximum Gasteiger partial charge on any atom is 0.333 e. The summed E-state index contributed by atoms with van der Waals surface area (Å²) in [5, 5.41) is 14.2. The Kier molecular flexibility index (Phi) is 9.58. The summed E-state index contributed by atoms with van der Waals surface area (Å²) in [7, 11) is -6.90. The number of aryl methyl sites for hydroxylation is 3. The van der Waals surface area contributed by atoms with Gasteiger partial charge < -0.3 is 24.8 Å². The summed E-state index contributed by atoms with van der Waals surface area (Å²) in [6.45, 7) is 3.22. The average molecular weight is 888 g/mol. The molecule has 3 aliphatic heterocycles. The molecule has 3 fully saturated rings. The predicted molar refractivity (Wildman–Crippen MR) is 224 cm³/mol. The van der Waals surface area contributed by atoms with Crippen molar-refractivity contribution in [2.24, 2.45) is 5.92 Å². The first kappa shape index (κ1) is 39.7. The monoisotopic (exact) mass is 887 g/mol. The van der Waals surface area contributed by atoms with E-state index in [0.717, 1.165) is 86.7 Å². The van der Waals surface area contributed by atoms with Crippen molar-refractivity contribution >= 4 is 43.5 Å². The molecule has 4 aliphatic carbocycles. The fourth-order valence-corrected chi connectivity index (χ4v) is 12.4. The summed E-state index contributed by atoms with van der Waals surface area (Å²) in [6, 6.07) is 6.68. The summed E-state index contributed by atoms with van der Waals surface area (Å²) >= 11 is 0. The van der Waals surface area contributed by atoms with Crippen molar-refractivity contribution in [3.63, 3.8) is 0 Å². The number of hydrogen-bond acceptors (Lipinski definition) is 12. The molecule has 5 heterocycles. The van der Waals surface area contributed by atoms with Crippen LogP contribution in [0.2, 0.25) is 0 Å². The standard InChI is InChI=1S/C42H49N9O9S2/c1-58-30-20-49(21-30)29-19-51-40(60-22-29)36(18-44-51)62(56,57)48-42(53)46-38-31-5-2-4-24(31)12-25-8-9-32(37(25)38)34-16-33(34)27-13-26(23-6-7-23)14-28(15-27)45-41(52)47-61(54,55)35-17-43-50-10-3-11-59-39(35)50/h12-15,17-18,23,29-30,32-34H,2-11,16,19-22H2,1H3,(H2,45,47,52)(H2,46,48,53). The van der Waals surface area contributed by atoms with Gasteiger partial charge in [-0.3, -0.25) is 4.90 Å². The highest BCUT2D eigenvalue weighted by atomic mass is 32.2. The lowest BCUT2D eigenvalue weighted by Crippen LogP contribution is -2.59. The SMILES string of the molecule is COC1CN(C2COc3c(S(=O)(=O)NC(=O)Nc4c5c(cc6c4C(C4CC4c4cc(NC(=O)NS(=O)(=O)c7cnn8c7OCCC8)cc(C7CC7)c4)CC6)CCC5)cnn3C2)C1. The zero-order valence-electron chi connectivity index (χ0n) is 34.3. The molecule has 11 rings (SSSR count). The van der Waals surface area contributed by atoms with Gasteiger partial charge in [-0.05, 0) is 121 Å². The van der Waals surface area contributed by atoms with Crippen LogP contribution in [-0.2, 0) is 57.1 Å². The average Bonchev–Trinajstić information content (AvgIpc) is 3.98. The summed E-state index contributed by atoms with van der Waals surface area (Å²) < 4.78 is 78.2. The van der Waals surface area contributed by atoms with Crippen LogP contribution in [-0.4, -0.2) is 98.9 Å². The second kappa shape index (κ2) is 15.0. The molecule has 2 aromatic carbocycles. The van der Waals surface area contributed by atoms with Crippen LogP contribution in [0.25, 0.3) is 0 Å². The second-order valence-corrected chi connectivity index (χ2v) is 21.1. The van der Waals surface area contributed by atoms with Gasteiger partial charge >= 0.3 is 12.1 Å². The van der Waals surface area contributed by atoms with Gasteiger partial charge in [-0.15, -0.1) is 0 Å². The number of ether oxygens (including phenoxy) is 3. The number of anilines is 2. The number of aromatic nitrogens is 4. The Morgan fingerprint density at radius 3 is 2.26 bits per heavy atom. The van der Waals surface area contributed by atoms with Gasteiger partial charge in [-0.1, -0.05) is 12.1 Å². The number of nitrogens with one attached hydrogen (secondary N) is 4. The Morgan fingerprint density at radius 2 is 1.50 bits per heavy atom. The molecule has 20 heteroatoms. The van der Waals surface area contributed by atoms with E-state index in [1.54, 1.807) is 7.11 Å². The van der Waals surface area contributed by atoms with E-state index in [4.69, 9.17) is 14.2 Å². The lowest BCUT2D eigenvalue weighted by molar-refractivity contribution is -0.0687. The molecule has 7 aliphatic rings. The van der Waals surface area contributed by atoms with Gasteiger partial charge in [0.15, 0.2) is 9.79 Å². The van der Waals surface area contributed by atoms with Gasteiger partial charge in [0.05, 0.1) is 37.7 Å². The van der Waals surface area contributed by atoms with Crippen molar-refractivity contribution in [3.05, 3.63) is 70.0 Å². The zero-order chi connectivity index (χ0) is 42.5. The van der Waals surface area contributed by atoms with Crippen molar-refractivity contribution < 1.29 is 40.6 Å². The molecule has 4 amide bonds. The van der Waals surface area contributed by atoms with Crippen molar-refractivity contribution in [2.45, 2.75) is 111 Å². The first-order chi connectivity index (χ1) is 29.9. The van der Waals surface area contributed by atoms with Gasteiger partial charge in [-0.25, -0.2) is 45.2 Å². The predicted octanol–water partition coefficient (Wildman–Crippen LogP) is 4.17. The van der Waals surface area contributed by atoms with Crippen LogP contribution in [0.1, 0.15) is 89.7 Å². The normalized spacial score (nSPS) is 24.1. The van der Waals surface area contributed by atoms with Crippen LogP contribution >= 0.6 is 0 Å². The van der Waals surface area contributed by atoms with E-state index in [1.807, 2.05) is 12.1 Å².